The second-order valence-corrected chi connectivity index (χ2v) is 6.12. The molecule has 2 aromatic carbocycles. The Morgan fingerprint density at radius 2 is 1.85 bits per heavy atom. The molecule has 0 spiro atoms. The lowest BCUT2D eigenvalue weighted by atomic mass is 9.94. The van der Waals surface area contributed by atoms with Crippen molar-refractivity contribution in [2.45, 2.75) is 6.43 Å². The number of nitrogens with zero attached hydrogens (tertiary/aromatic N) is 2. The lowest BCUT2D eigenvalue weighted by molar-refractivity contribution is 0.0985. The lowest BCUT2D eigenvalue weighted by Gasteiger charge is -2.13. The number of benzene rings is 2. The summed E-state index contributed by atoms with van der Waals surface area (Å²) in [6, 6.07) is 7.25. The van der Waals surface area contributed by atoms with Crippen LogP contribution in [0, 0.1) is 11.6 Å². The molecule has 0 aliphatic carbocycles. The average molecular weight is 398 g/mol. The van der Waals surface area contributed by atoms with Gasteiger partial charge in [-0.2, -0.15) is 5.10 Å². The van der Waals surface area contributed by atoms with E-state index in [2.05, 4.69) is 5.10 Å². The molecule has 0 saturated heterocycles. The minimum Gasteiger partial charge on any atom is -0.365 e. The maximum atomic E-state index is 13.9. The molecule has 0 fully saturated rings. The van der Waals surface area contributed by atoms with Gasteiger partial charge >= 0.3 is 0 Å². The van der Waals surface area contributed by atoms with E-state index in [0.29, 0.717) is 5.56 Å². The second kappa shape index (κ2) is 7.03. The highest BCUT2D eigenvalue weighted by molar-refractivity contribution is 6.31. The topological polar surface area (TPSA) is 60.9 Å². The van der Waals surface area contributed by atoms with Crippen LogP contribution in [0.3, 0.4) is 0 Å². The van der Waals surface area contributed by atoms with Gasteiger partial charge in [0.15, 0.2) is 0 Å². The summed E-state index contributed by atoms with van der Waals surface area (Å²) >= 11 is 5.80. The molecule has 0 radical (unpaired) electrons. The number of halogens is 5. The fraction of sp³-hybridized carbons (Fsp3) is 0.111. The van der Waals surface area contributed by atoms with Gasteiger partial charge in [-0.3, -0.25) is 9.48 Å². The maximum absolute atomic E-state index is 13.9. The SMILES string of the molecule is Cn1nc(C(F)F)c(C(N)=O)c1-c1ccc(F)cc1-c1ccc(F)c(Cl)c1. The quantitative estimate of drug-likeness (QED) is 0.647. The van der Waals surface area contributed by atoms with Gasteiger partial charge in [-0.1, -0.05) is 17.7 Å². The van der Waals surface area contributed by atoms with Crippen molar-refractivity contribution in [3.05, 3.63) is 64.3 Å². The number of alkyl halides is 2. The summed E-state index contributed by atoms with van der Waals surface area (Å²) in [6.07, 6.45) is -3.03. The normalized spacial score (nSPS) is 11.2. The number of amides is 1. The molecule has 27 heavy (non-hydrogen) atoms. The Balaban J connectivity index is 2.34. The number of hydrogen-bond donors (Lipinski definition) is 1. The lowest BCUT2D eigenvalue weighted by Crippen LogP contribution is -2.14. The van der Waals surface area contributed by atoms with Crippen molar-refractivity contribution in [1.29, 1.82) is 0 Å². The number of nitrogens with two attached hydrogens (primary N) is 1. The van der Waals surface area contributed by atoms with E-state index in [1.807, 2.05) is 0 Å². The third-order valence-corrected chi connectivity index (χ3v) is 4.28. The van der Waals surface area contributed by atoms with E-state index >= 15 is 0 Å². The van der Waals surface area contributed by atoms with Gasteiger partial charge in [-0.05, 0) is 41.5 Å². The average Bonchev–Trinajstić information content (AvgIpc) is 2.95. The Bertz CT molecular complexity index is 1050. The molecule has 3 aromatic rings. The fourth-order valence-electron chi connectivity index (χ4n) is 2.87. The molecule has 0 aliphatic rings. The largest absolute Gasteiger partial charge is 0.365 e. The van der Waals surface area contributed by atoms with Crippen molar-refractivity contribution in [1.82, 2.24) is 9.78 Å². The number of aromatic nitrogens is 2. The molecule has 0 bridgehead atoms. The molecule has 2 N–H and O–H groups in total. The summed E-state index contributed by atoms with van der Waals surface area (Å²) < 4.78 is 55.0. The van der Waals surface area contributed by atoms with Crippen molar-refractivity contribution >= 4 is 17.5 Å². The summed E-state index contributed by atoms with van der Waals surface area (Å²) in [4.78, 5) is 11.8. The minimum atomic E-state index is -3.03. The van der Waals surface area contributed by atoms with Crippen LogP contribution in [0.1, 0.15) is 22.5 Å². The van der Waals surface area contributed by atoms with Crippen LogP contribution in [0.5, 0.6) is 0 Å². The van der Waals surface area contributed by atoms with Gasteiger partial charge in [-0.25, -0.2) is 17.6 Å². The number of rotatable bonds is 4. The van der Waals surface area contributed by atoms with Gasteiger partial charge < -0.3 is 5.73 Å². The van der Waals surface area contributed by atoms with E-state index in [0.717, 1.165) is 22.9 Å². The van der Waals surface area contributed by atoms with Crippen LogP contribution in [0.2, 0.25) is 5.02 Å². The van der Waals surface area contributed by atoms with E-state index in [1.54, 1.807) is 0 Å². The number of carbonyl (C=O) groups is 1. The van der Waals surface area contributed by atoms with Crippen LogP contribution in [-0.2, 0) is 7.05 Å². The van der Waals surface area contributed by atoms with E-state index in [-0.39, 0.29) is 21.8 Å². The molecule has 1 amide bonds. The zero-order valence-electron chi connectivity index (χ0n) is 13.8. The molecule has 0 atom stereocenters. The molecule has 0 saturated carbocycles. The van der Waals surface area contributed by atoms with Crippen molar-refractivity contribution < 1.29 is 22.4 Å². The number of primary amides is 1. The molecule has 3 rings (SSSR count). The Morgan fingerprint density at radius 1 is 1.15 bits per heavy atom. The molecule has 0 aliphatic heterocycles. The molecule has 1 aromatic heterocycles. The van der Waals surface area contributed by atoms with E-state index in [1.165, 1.54) is 25.2 Å². The minimum absolute atomic E-state index is 0.00625. The Hall–Kier alpha value is -2.87. The molecule has 140 valence electrons. The first-order valence-corrected chi connectivity index (χ1v) is 7.98. The van der Waals surface area contributed by atoms with E-state index in [9.17, 15) is 22.4 Å². The molecule has 4 nitrogen and oxygen atoms in total. The molecular formula is C18H12ClF4N3O. The van der Waals surface area contributed by atoms with Crippen molar-refractivity contribution in [3.8, 4) is 22.4 Å². The van der Waals surface area contributed by atoms with Crippen LogP contribution >= 0.6 is 11.6 Å². The van der Waals surface area contributed by atoms with Crippen LogP contribution in [0.4, 0.5) is 17.6 Å². The summed E-state index contributed by atoms with van der Waals surface area (Å²) in [5.74, 6) is -2.39. The van der Waals surface area contributed by atoms with Crippen molar-refractivity contribution in [2.75, 3.05) is 0 Å². The molecular weight excluding hydrogens is 386 g/mol. The highest BCUT2D eigenvalue weighted by atomic mass is 35.5. The van der Waals surface area contributed by atoms with E-state index in [4.69, 9.17) is 17.3 Å². The van der Waals surface area contributed by atoms with Crippen LogP contribution in [0.15, 0.2) is 36.4 Å². The Morgan fingerprint density at radius 3 is 2.44 bits per heavy atom. The maximum Gasteiger partial charge on any atom is 0.282 e. The summed E-state index contributed by atoms with van der Waals surface area (Å²) in [6.45, 7) is 0. The number of carbonyl (C=O) groups excluding carboxylic acids is 1. The zero-order chi connectivity index (χ0) is 19.9. The van der Waals surface area contributed by atoms with Crippen LogP contribution < -0.4 is 5.73 Å². The summed E-state index contributed by atoms with van der Waals surface area (Å²) in [5, 5.41) is 3.48. The summed E-state index contributed by atoms with van der Waals surface area (Å²) in [7, 11) is 1.36. The van der Waals surface area contributed by atoms with Gasteiger partial charge in [-0.15, -0.1) is 0 Å². The van der Waals surface area contributed by atoms with Crippen LogP contribution in [-0.4, -0.2) is 15.7 Å². The fourth-order valence-corrected chi connectivity index (χ4v) is 3.06. The Labute approximate surface area is 156 Å². The second-order valence-electron chi connectivity index (χ2n) is 5.72. The predicted molar refractivity (Wildman–Crippen MR) is 92.5 cm³/mol. The van der Waals surface area contributed by atoms with Crippen molar-refractivity contribution in [2.24, 2.45) is 12.8 Å². The summed E-state index contributed by atoms with van der Waals surface area (Å²) in [5.41, 5.74) is 4.81. The highest BCUT2D eigenvalue weighted by Gasteiger charge is 2.28. The van der Waals surface area contributed by atoms with Crippen molar-refractivity contribution in [3.63, 3.8) is 0 Å². The smallest absolute Gasteiger partial charge is 0.282 e. The molecule has 1 heterocycles. The van der Waals surface area contributed by atoms with Gasteiger partial charge in [0.2, 0.25) is 0 Å². The van der Waals surface area contributed by atoms with Gasteiger partial charge in [0.25, 0.3) is 12.3 Å². The monoisotopic (exact) mass is 397 g/mol. The first kappa shape index (κ1) is 18.9. The van der Waals surface area contributed by atoms with Gasteiger partial charge in [0.1, 0.15) is 17.3 Å². The zero-order valence-corrected chi connectivity index (χ0v) is 14.6. The van der Waals surface area contributed by atoms with Gasteiger partial charge in [0.05, 0.1) is 16.3 Å². The van der Waals surface area contributed by atoms with Crippen LogP contribution in [0.25, 0.3) is 22.4 Å². The molecule has 0 unspecified atom stereocenters. The standard InChI is InChI=1S/C18H12ClF4N3O/c1-26-16(14(18(24)27)15(25-26)17(22)23)10-4-3-9(20)7-11(10)8-2-5-13(21)12(19)6-8/h2-7,17H,1H3,(H2,24,27). The molecule has 9 heteroatoms. The highest BCUT2D eigenvalue weighted by Crippen LogP contribution is 2.38. The third kappa shape index (κ3) is 3.40. The number of aryl methyl sites for hydroxylation is 1. The predicted octanol–water partition coefficient (Wildman–Crippen LogP) is 4.72. The number of hydrogen-bond acceptors (Lipinski definition) is 2. The Kier molecular flexibility index (Phi) is 4.93. The third-order valence-electron chi connectivity index (χ3n) is 3.99. The van der Waals surface area contributed by atoms with E-state index < -0.39 is 35.2 Å². The van der Waals surface area contributed by atoms with Gasteiger partial charge in [0, 0.05) is 12.6 Å². The first-order chi connectivity index (χ1) is 12.7. The first-order valence-electron chi connectivity index (χ1n) is 7.61.